The molecule has 0 aromatic heterocycles. The van der Waals surface area contributed by atoms with Gasteiger partial charge >= 0.3 is 0 Å². The molecule has 3 heterocycles. The lowest BCUT2D eigenvalue weighted by molar-refractivity contribution is -0.148. The Bertz CT molecular complexity index is 1270. The van der Waals surface area contributed by atoms with Gasteiger partial charge in [0.15, 0.2) is 0 Å². The van der Waals surface area contributed by atoms with Crippen LogP contribution < -0.4 is 4.74 Å². The van der Waals surface area contributed by atoms with Gasteiger partial charge in [0.05, 0.1) is 48.7 Å². The summed E-state index contributed by atoms with van der Waals surface area (Å²) in [6.45, 7) is 4.33. The molecule has 2 atom stereocenters. The van der Waals surface area contributed by atoms with Crippen LogP contribution in [-0.2, 0) is 34.0 Å². The van der Waals surface area contributed by atoms with Gasteiger partial charge in [-0.3, -0.25) is 19.3 Å². The number of piperidine rings is 1. The summed E-state index contributed by atoms with van der Waals surface area (Å²) in [5.41, 5.74) is 0.695. The van der Waals surface area contributed by atoms with Crippen molar-refractivity contribution in [2.45, 2.75) is 36.2 Å². The molecule has 0 spiro atoms. The Labute approximate surface area is 228 Å². The number of imide groups is 1. The van der Waals surface area contributed by atoms with Crippen LogP contribution in [0.1, 0.15) is 27.0 Å². The van der Waals surface area contributed by atoms with Crippen LogP contribution in [0.25, 0.3) is 0 Å². The summed E-state index contributed by atoms with van der Waals surface area (Å²) in [4.78, 5) is 42.3. The van der Waals surface area contributed by atoms with Crippen LogP contribution in [0.5, 0.6) is 5.75 Å². The van der Waals surface area contributed by atoms with Crippen LogP contribution in [0.15, 0.2) is 42.5 Å². The van der Waals surface area contributed by atoms with Crippen molar-refractivity contribution in [2.75, 3.05) is 26.3 Å². The minimum absolute atomic E-state index is 0.114. The molecule has 0 aliphatic carbocycles. The largest absolute Gasteiger partial charge is 0.489 e. The van der Waals surface area contributed by atoms with E-state index in [1.165, 1.54) is 5.56 Å². The smallest absolute Gasteiger partial charge is 0.254 e. The molecule has 0 N–H and O–H groups in total. The van der Waals surface area contributed by atoms with Crippen LogP contribution in [0.4, 0.5) is 0 Å². The first-order valence-electron chi connectivity index (χ1n) is 12.3. The van der Waals surface area contributed by atoms with E-state index in [9.17, 15) is 14.4 Å². The SMILES string of the molecule is [B]C1C([B])([B])C(=O)N([B])C(=O)C1([B])N1Cc2c(OCc3ccc(CN4CCOCC4)cc3)cccc2C1=O. The number of hydrogen-bond donors (Lipinski definition) is 0. The van der Waals surface area contributed by atoms with E-state index < -0.39 is 34.2 Å². The van der Waals surface area contributed by atoms with E-state index in [0.717, 1.165) is 43.3 Å². The number of carbonyl (C=O) groups is 3. The van der Waals surface area contributed by atoms with Crippen LogP contribution >= 0.6 is 0 Å². The zero-order valence-corrected chi connectivity index (χ0v) is 20.8. The Balaban J connectivity index is 1.32. The topological polar surface area (TPSA) is 79.4 Å². The quantitative estimate of drug-likeness (QED) is 0.405. The Kier molecular flexibility index (Phi) is 7.03. The van der Waals surface area contributed by atoms with Crippen molar-refractivity contribution in [3.63, 3.8) is 0 Å². The van der Waals surface area contributed by atoms with Gasteiger partial charge in [0, 0.05) is 30.8 Å². The third-order valence-electron chi connectivity index (χ3n) is 7.44. The maximum absolute atomic E-state index is 13.4. The molecular weight excluding hydrogens is 476 g/mol. The number of carbonyl (C=O) groups excluding carboxylic acids is 3. The summed E-state index contributed by atoms with van der Waals surface area (Å²) >= 11 is 0. The number of morpholine rings is 1. The van der Waals surface area contributed by atoms with Gasteiger partial charge in [-0.2, -0.15) is 0 Å². The predicted octanol–water partition coefficient (Wildman–Crippen LogP) is -0.219. The van der Waals surface area contributed by atoms with Gasteiger partial charge < -0.3 is 19.2 Å². The van der Waals surface area contributed by atoms with Crippen molar-refractivity contribution >= 4 is 57.1 Å². The van der Waals surface area contributed by atoms with Gasteiger partial charge in [0.2, 0.25) is 19.8 Å². The molecule has 2 unspecified atom stereocenters. The highest BCUT2D eigenvalue weighted by Gasteiger charge is 2.59. The lowest BCUT2D eigenvalue weighted by Crippen LogP contribution is -2.70. The number of rotatable bonds is 6. The first kappa shape index (κ1) is 26.7. The summed E-state index contributed by atoms with van der Waals surface area (Å²) in [5, 5.41) is -2.26. The van der Waals surface area contributed by atoms with Crippen molar-refractivity contribution in [1.82, 2.24) is 14.6 Å². The van der Waals surface area contributed by atoms with Crippen molar-refractivity contribution < 1.29 is 23.9 Å². The highest BCUT2D eigenvalue weighted by atomic mass is 16.5. The molecule has 8 nitrogen and oxygen atoms in total. The molecule has 182 valence electrons. The molecule has 2 aromatic carbocycles. The number of hydrogen-bond acceptors (Lipinski definition) is 6. The summed E-state index contributed by atoms with van der Waals surface area (Å²) in [6.07, 6.45) is 0. The van der Waals surface area contributed by atoms with E-state index in [1.54, 1.807) is 18.2 Å². The number of nitrogens with zero attached hydrogens (tertiary/aromatic N) is 3. The van der Waals surface area contributed by atoms with E-state index in [4.69, 9.17) is 48.8 Å². The van der Waals surface area contributed by atoms with Crippen molar-refractivity contribution in [3.05, 3.63) is 64.7 Å². The van der Waals surface area contributed by atoms with Gasteiger partial charge in [-0.15, -0.1) is 0 Å². The number of amides is 3. The highest BCUT2D eigenvalue weighted by molar-refractivity contribution is 6.60. The van der Waals surface area contributed by atoms with Crippen LogP contribution in [-0.4, -0.2) is 103 Å². The zero-order chi connectivity index (χ0) is 27.2. The summed E-state index contributed by atoms with van der Waals surface area (Å²) in [6, 6.07) is 13.1. The van der Waals surface area contributed by atoms with Gasteiger partial charge in [-0.05, 0) is 28.5 Å². The minimum Gasteiger partial charge on any atom is -0.489 e. The number of fused-ring (bicyclic) bond motifs is 1. The van der Waals surface area contributed by atoms with E-state index in [0.29, 0.717) is 11.3 Å². The summed E-state index contributed by atoms with van der Waals surface area (Å²) < 4.78 is 11.5. The first-order valence-corrected chi connectivity index (χ1v) is 12.3. The van der Waals surface area contributed by atoms with Gasteiger partial charge in [0.1, 0.15) is 20.2 Å². The normalized spacial score (nSPS) is 25.5. The fourth-order valence-electron chi connectivity index (χ4n) is 5.07. The molecule has 0 saturated carbocycles. The second-order valence-electron chi connectivity index (χ2n) is 9.88. The van der Waals surface area contributed by atoms with Crippen molar-refractivity contribution in [1.29, 1.82) is 0 Å². The molecule has 3 aliphatic rings. The Morgan fingerprint density at radius 1 is 0.947 bits per heavy atom. The van der Waals surface area contributed by atoms with Crippen LogP contribution in [0.3, 0.4) is 0 Å². The molecule has 5 rings (SSSR count). The fourth-order valence-corrected chi connectivity index (χ4v) is 5.07. The molecule has 2 saturated heterocycles. The Morgan fingerprint density at radius 3 is 2.29 bits per heavy atom. The Hall–Kier alpha value is -2.91. The summed E-state index contributed by atoms with van der Waals surface area (Å²) in [7, 11) is 29.9. The molecule has 10 radical (unpaired) electrons. The minimum atomic E-state index is -2.26. The third kappa shape index (κ3) is 4.39. The van der Waals surface area contributed by atoms with Gasteiger partial charge in [-0.25, -0.2) is 0 Å². The van der Waals surface area contributed by atoms with Crippen molar-refractivity contribution in [3.8, 4) is 5.75 Å². The lowest BCUT2D eigenvalue weighted by atomic mass is 9.34. The molecule has 2 aromatic rings. The second-order valence-corrected chi connectivity index (χ2v) is 9.88. The first-order chi connectivity index (χ1) is 18.0. The predicted molar refractivity (Wildman–Crippen MR) is 143 cm³/mol. The number of ether oxygens (including phenoxy) is 2. The maximum Gasteiger partial charge on any atom is 0.254 e. The van der Waals surface area contributed by atoms with Crippen molar-refractivity contribution in [2.24, 2.45) is 0 Å². The monoisotopic (exact) mass is 499 g/mol. The average Bonchev–Trinajstić information content (AvgIpc) is 3.27. The molecule has 2 fully saturated rings. The van der Waals surface area contributed by atoms with Crippen LogP contribution in [0, 0.1) is 0 Å². The Morgan fingerprint density at radius 2 is 1.61 bits per heavy atom. The molecule has 3 aliphatic heterocycles. The molecule has 0 bridgehead atoms. The molecule has 3 amide bonds. The van der Waals surface area contributed by atoms with Crippen LogP contribution in [0.2, 0.25) is 11.0 Å². The highest BCUT2D eigenvalue weighted by Crippen LogP contribution is 2.49. The molecular formula is C25H22B5N3O5. The van der Waals surface area contributed by atoms with Gasteiger partial charge in [0.25, 0.3) is 5.91 Å². The van der Waals surface area contributed by atoms with E-state index in [2.05, 4.69) is 17.0 Å². The molecule has 13 heteroatoms. The third-order valence-corrected chi connectivity index (χ3v) is 7.44. The maximum atomic E-state index is 13.4. The van der Waals surface area contributed by atoms with E-state index >= 15 is 0 Å². The zero-order valence-electron chi connectivity index (χ0n) is 20.8. The van der Waals surface area contributed by atoms with E-state index in [1.807, 2.05) is 12.1 Å². The average molecular weight is 499 g/mol. The number of benzene rings is 2. The fraction of sp³-hybridized carbons (Fsp3) is 0.400. The standard InChI is InChI=1S/C25H22B5N3O5/c26-21-24(27,28)22(35)33(30)23(36)25(21,29)32-13-18-17(20(32)34)2-1-3-19(18)38-14-16-6-4-15(5-7-16)12-31-8-10-37-11-9-31/h1-7,21H,8-14H2. The van der Waals surface area contributed by atoms with Gasteiger partial charge in [-0.1, -0.05) is 36.1 Å². The van der Waals surface area contributed by atoms with E-state index in [-0.39, 0.29) is 23.5 Å². The lowest BCUT2D eigenvalue weighted by Gasteiger charge is -2.55. The summed E-state index contributed by atoms with van der Waals surface area (Å²) in [5.74, 6) is -3.93. The second kappa shape index (κ2) is 10.0. The molecule has 38 heavy (non-hydrogen) atoms.